The molecule has 1 nitrogen and oxygen atoms in total. The monoisotopic (exact) mass is 348 g/mol. The molecule has 2 rings (SSSR count). The predicted octanol–water partition coefficient (Wildman–Crippen LogP) is 1.80. The Hall–Kier alpha value is 1.19. The van der Waals surface area contributed by atoms with Crippen LogP contribution in [0.3, 0.4) is 0 Å². The van der Waals surface area contributed by atoms with Crippen molar-refractivity contribution in [3.8, 4) is 0 Å². The van der Waals surface area contributed by atoms with E-state index in [1.54, 1.807) is 0 Å². The first-order chi connectivity index (χ1) is 4.83. The zero-order valence-electron chi connectivity index (χ0n) is 5.96. The van der Waals surface area contributed by atoms with Crippen molar-refractivity contribution in [3.63, 3.8) is 0 Å². The summed E-state index contributed by atoms with van der Waals surface area (Å²) in [5.41, 5.74) is 0. The molecule has 2 bridgehead atoms. The molecule has 0 amide bonds. The van der Waals surface area contributed by atoms with Gasteiger partial charge >= 0.3 is 77.3 Å². The second kappa shape index (κ2) is 2.91. The van der Waals surface area contributed by atoms with Crippen LogP contribution in [0.2, 0.25) is 3.43 Å². The van der Waals surface area contributed by atoms with Gasteiger partial charge in [-0.3, -0.25) is 0 Å². The normalized spacial score (nSPS) is 51.4. The molecule has 4 atom stereocenters. The Morgan fingerprint density at radius 2 is 2.00 bits per heavy atom. The summed E-state index contributed by atoms with van der Waals surface area (Å²) in [6.45, 7) is 0. The van der Waals surface area contributed by atoms with Crippen LogP contribution < -0.4 is 0 Å². The van der Waals surface area contributed by atoms with Crippen LogP contribution in [0.5, 0.6) is 0 Å². The number of aliphatic hydroxyl groups is 1. The van der Waals surface area contributed by atoms with E-state index >= 15 is 0 Å². The second-order valence-corrected chi connectivity index (χ2v) is 11.2. The van der Waals surface area contributed by atoms with E-state index in [2.05, 4.69) is 0 Å². The van der Waals surface area contributed by atoms with Gasteiger partial charge in [0.1, 0.15) is 0 Å². The predicted molar refractivity (Wildman–Crippen MR) is 36.4 cm³/mol. The molecule has 0 heterocycles. The number of halogens is 1. The van der Waals surface area contributed by atoms with Gasteiger partial charge in [-0.15, -0.1) is 0 Å². The van der Waals surface area contributed by atoms with Gasteiger partial charge in [0.2, 0.25) is 0 Å². The van der Waals surface area contributed by atoms with Crippen molar-refractivity contribution in [2.45, 2.75) is 28.8 Å². The standard InChI is InChI=1S/C7H11O.ClH.Hg/c8-7-4-5-1-2-6(7)3-5;;/h4-8H,1-3H2;1H;/q;;+1/p-1/t5-,6+,7+;;/m0../s1. The van der Waals surface area contributed by atoms with Crippen molar-refractivity contribution in [1.29, 1.82) is 0 Å². The molecule has 0 aromatic carbocycles. The van der Waals surface area contributed by atoms with E-state index in [0.717, 1.165) is 5.92 Å². The van der Waals surface area contributed by atoms with Crippen molar-refractivity contribution in [3.05, 3.63) is 0 Å². The Labute approximate surface area is 77.0 Å². The van der Waals surface area contributed by atoms with E-state index < -0.39 is 23.3 Å². The van der Waals surface area contributed by atoms with E-state index in [1.165, 1.54) is 19.3 Å². The summed E-state index contributed by atoms with van der Waals surface area (Å²) in [6, 6.07) is 0. The van der Waals surface area contributed by atoms with E-state index in [0.29, 0.717) is 9.34 Å². The molecule has 1 N–H and O–H groups in total. The van der Waals surface area contributed by atoms with E-state index in [9.17, 15) is 5.11 Å². The van der Waals surface area contributed by atoms with Crippen LogP contribution in [0.15, 0.2) is 0 Å². The summed E-state index contributed by atoms with van der Waals surface area (Å²) in [6.07, 6.45) is 3.95. The summed E-state index contributed by atoms with van der Waals surface area (Å²) in [4.78, 5) is 0. The number of hydrogen-bond donors (Lipinski definition) is 1. The first-order valence-corrected chi connectivity index (χ1v) is 14.0. The molecule has 2 fully saturated rings. The van der Waals surface area contributed by atoms with E-state index in [1.807, 2.05) is 0 Å². The molecule has 10 heavy (non-hydrogen) atoms. The first kappa shape index (κ1) is 7.81. The minimum atomic E-state index is -1.13. The molecule has 3 heteroatoms. The maximum absolute atomic E-state index is 9.65. The van der Waals surface area contributed by atoms with Gasteiger partial charge in [-0.1, -0.05) is 0 Å². The third-order valence-corrected chi connectivity index (χ3v) is 12.2. The van der Waals surface area contributed by atoms with Gasteiger partial charge in [0.05, 0.1) is 0 Å². The molecule has 0 aliphatic heterocycles. The van der Waals surface area contributed by atoms with Gasteiger partial charge in [0.25, 0.3) is 0 Å². The van der Waals surface area contributed by atoms with Crippen LogP contribution in [0.1, 0.15) is 19.3 Å². The van der Waals surface area contributed by atoms with E-state index in [-0.39, 0.29) is 6.10 Å². The summed E-state index contributed by atoms with van der Waals surface area (Å²) >= 11 is -1.13. The molecule has 0 aromatic heterocycles. The molecule has 54 valence electrons. The number of rotatable bonds is 1. The first-order valence-electron chi connectivity index (χ1n) is 4.07. The molecule has 2 aliphatic carbocycles. The van der Waals surface area contributed by atoms with Gasteiger partial charge in [-0.05, 0) is 0 Å². The van der Waals surface area contributed by atoms with Crippen molar-refractivity contribution in [2.75, 3.05) is 0 Å². The minimum absolute atomic E-state index is 0.0258. The summed E-state index contributed by atoms with van der Waals surface area (Å²) in [5, 5.41) is 9.65. The Morgan fingerprint density at radius 3 is 2.40 bits per heavy atom. The van der Waals surface area contributed by atoms with Crippen LogP contribution in [-0.4, -0.2) is 11.2 Å². The summed E-state index contributed by atoms with van der Waals surface area (Å²) in [5.74, 6) is 1.49. The van der Waals surface area contributed by atoms with Crippen molar-refractivity contribution >= 4 is 8.25 Å². The van der Waals surface area contributed by atoms with E-state index in [4.69, 9.17) is 8.25 Å². The average Bonchev–Trinajstić information content (AvgIpc) is 2.46. The van der Waals surface area contributed by atoms with Crippen molar-refractivity contribution in [1.82, 2.24) is 0 Å². The Balaban J connectivity index is 2.10. The van der Waals surface area contributed by atoms with Crippen LogP contribution in [-0.2, 0) is 23.3 Å². The quantitative estimate of drug-likeness (QED) is 0.718. The average molecular weight is 347 g/mol. The van der Waals surface area contributed by atoms with Gasteiger partial charge in [0, 0.05) is 0 Å². The van der Waals surface area contributed by atoms with Gasteiger partial charge < -0.3 is 0 Å². The molecule has 0 spiro atoms. The van der Waals surface area contributed by atoms with Crippen LogP contribution in [0.4, 0.5) is 0 Å². The Morgan fingerprint density at radius 1 is 1.30 bits per heavy atom. The number of aliphatic hydroxyl groups excluding tert-OH is 1. The van der Waals surface area contributed by atoms with Crippen LogP contribution in [0.25, 0.3) is 0 Å². The van der Waals surface area contributed by atoms with Gasteiger partial charge in [-0.25, -0.2) is 0 Å². The Bertz CT molecular complexity index is 140. The number of hydrogen-bond acceptors (Lipinski definition) is 1. The fourth-order valence-corrected chi connectivity index (χ4v) is 11.3. The molecular formula is C7H11ClHgO. The molecule has 0 aromatic rings. The number of fused-ring (bicyclic) bond motifs is 2. The molecule has 0 unspecified atom stereocenters. The fraction of sp³-hybridized carbons (Fsp3) is 1.00. The molecule has 0 radical (unpaired) electrons. The van der Waals surface area contributed by atoms with Crippen LogP contribution >= 0.6 is 8.25 Å². The molecular weight excluding hydrogens is 336 g/mol. The van der Waals surface area contributed by atoms with Crippen molar-refractivity contribution < 1.29 is 28.4 Å². The third kappa shape index (κ3) is 1.05. The fourth-order valence-electron chi connectivity index (χ4n) is 2.60. The zero-order chi connectivity index (χ0) is 7.14. The van der Waals surface area contributed by atoms with Crippen LogP contribution in [0, 0.1) is 11.8 Å². The Kier molecular flexibility index (Phi) is 2.27. The SMILES string of the molecule is O[C@H]1[C@@H]2CC[C@@H](C2)[C@H]1[Hg][Cl]. The maximum atomic E-state index is 9.65. The van der Waals surface area contributed by atoms with Gasteiger partial charge in [-0.2, -0.15) is 0 Å². The topological polar surface area (TPSA) is 20.2 Å². The summed E-state index contributed by atoms with van der Waals surface area (Å²) in [7, 11) is 5.96. The molecule has 0 saturated heterocycles. The van der Waals surface area contributed by atoms with Gasteiger partial charge in [0.15, 0.2) is 0 Å². The zero-order valence-corrected chi connectivity index (χ0v) is 12.2. The van der Waals surface area contributed by atoms with Crippen molar-refractivity contribution in [2.24, 2.45) is 11.8 Å². The second-order valence-electron chi connectivity index (χ2n) is 3.64. The third-order valence-electron chi connectivity index (χ3n) is 3.22. The molecule has 2 aliphatic rings. The molecule has 2 saturated carbocycles. The summed E-state index contributed by atoms with van der Waals surface area (Å²) < 4.78 is 0.639.